The number of benzene rings is 2. The number of likely N-dealkylation sites (tertiary alicyclic amines) is 1. The lowest BCUT2D eigenvalue weighted by molar-refractivity contribution is 0.0290. The van der Waals surface area contributed by atoms with Crippen molar-refractivity contribution in [3.63, 3.8) is 0 Å². The van der Waals surface area contributed by atoms with E-state index in [0.29, 0.717) is 5.92 Å². The SMILES string of the molecule is CCN1CCC(O)C(Cc2ccc(OCCCc3ccccc3)cc2)C1. The smallest absolute Gasteiger partial charge is 0.119 e. The molecule has 0 aliphatic carbocycles. The van der Waals surface area contributed by atoms with Crippen LogP contribution in [-0.4, -0.2) is 42.4 Å². The van der Waals surface area contributed by atoms with E-state index in [1.54, 1.807) is 0 Å². The van der Waals surface area contributed by atoms with Crippen molar-refractivity contribution in [3.05, 3.63) is 65.7 Å². The average molecular weight is 354 g/mol. The van der Waals surface area contributed by atoms with Crippen molar-refractivity contribution < 1.29 is 9.84 Å². The molecule has 1 aliphatic heterocycles. The highest BCUT2D eigenvalue weighted by molar-refractivity contribution is 5.27. The zero-order chi connectivity index (χ0) is 18.2. The fourth-order valence-corrected chi connectivity index (χ4v) is 3.72. The van der Waals surface area contributed by atoms with Crippen molar-refractivity contribution in [2.45, 2.75) is 38.7 Å². The molecule has 1 fully saturated rings. The third kappa shape index (κ3) is 5.58. The zero-order valence-corrected chi connectivity index (χ0v) is 15.8. The van der Waals surface area contributed by atoms with Crippen molar-refractivity contribution in [1.29, 1.82) is 0 Å². The van der Waals surface area contributed by atoms with Crippen LogP contribution in [0.2, 0.25) is 0 Å². The summed E-state index contributed by atoms with van der Waals surface area (Å²) in [6.45, 7) is 6.01. The molecule has 0 radical (unpaired) electrons. The van der Waals surface area contributed by atoms with Crippen LogP contribution in [0.25, 0.3) is 0 Å². The molecular weight excluding hydrogens is 322 g/mol. The van der Waals surface area contributed by atoms with Gasteiger partial charge in [-0.3, -0.25) is 0 Å². The molecule has 2 aromatic carbocycles. The molecule has 0 aromatic heterocycles. The monoisotopic (exact) mass is 353 g/mol. The summed E-state index contributed by atoms with van der Waals surface area (Å²) in [5, 5.41) is 10.3. The number of ether oxygens (including phenoxy) is 1. The Labute approximate surface area is 157 Å². The molecule has 2 unspecified atom stereocenters. The first-order chi connectivity index (χ1) is 12.7. The summed E-state index contributed by atoms with van der Waals surface area (Å²) in [5.74, 6) is 1.27. The van der Waals surface area contributed by atoms with Crippen molar-refractivity contribution in [2.24, 2.45) is 5.92 Å². The number of nitrogens with zero attached hydrogens (tertiary/aromatic N) is 1. The number of rotatable bonds is 8. The average Bonchev–Trinajstić information content (AvgIpc) is 2.69. The Kier molecular flexibility index (Phi) is 7.10. The molecule has 1 aliphatic rings. The van der Waals surface area contributed by atoms with Gasteiger partial charge >= 0.3 is 0 Å². The fraction of sp³-hybridized carbons (Fsp3) is 0.478. The van der Waals surface area contributed by atoms with E-state index in [0.717, 1.165) is 57.7 Å². The van der Waals surface area contributed by atoms with Gasteiger partial charge in [-0.05, 0) is 55.5 Å². The second kappa shape index (κ2) is 9.75. The van der Waals surface area contributed by atoms with E-state index >= 15 is 0 Å². The highest BCUT2D eigenvalue weighted by atomic mass is 16.5. The number of aliphatic hydroxyl groups is 1. The Bertz CT molecular complexity index is 641. The number of hydrogen-bond donors (Lipinski definition) is 1. The first-order valence-corrected chi connectivity index (χ1v) is 9.90. The van der Waals surface area contributed by atoms with Crippen molar-refractivity contribution >= 4 is 0 Å². The van der Waals surface area contributed by atoms with Gasteiger partial charge < -0.3 is 14.7 Å². The Morgan fingerprint density at radius 2 is 1.81 bits per heavy atom. The molecular formula is C23H31NO2. The number of piperidine rings is 1. The minimum Gasteiger partial charge on any atom is -0.494 e. The summed E-state index contributed by atoms with van der Waals surface area (Å²) in [6, 6.07) is 18.9. The number of hydrogen-bond acceptors (Lipinski definition) is 3. The highest BCUT2D eigenvalue weighted by Gasteiger charge is 2.26. The summed E-state index contributed by atoms with van der Waals surface area (Å²) in [7, 11) is 0. The van der Waals surface area contributed by atoms with Gasteiger partial charge in [0.25, 0.3) is 0 Å². The second-order valence-corrected chi connectivity index (χ2v) is 7.30. The molecule has 3 rings (SSSR count). The zero-order valence-electron chi connectivity index (χ0n) is 15.8. The van der Waals surface area contributed by atoms with Crippen LogP contribution >= 0.6 is 0 Å². The Morgan fingerprint density at radius 1 is 1.04 bits per heavy atom. The lowest BCUT2D eigenvalue weighted by Gasteiger charge is -2.35. The largest absolute Gasteiger partial charge is 0.494 e. The maximum absolute atomic E-state index is 10.3. The minimum atomic E-state index is -0.174. The topological polar surface area (TPSA) is 32.7 Å². The Hall–Kier alpha value is -1.84. The molecule has 1 N–H and O–H groups in total. The molecule has 3 nitrogen and oxygen atoms in total. The molecule has 0 spiro atoms. The van der Waals surface area contributed by atoms with E-state index < -0.39 is 0 Å². The van der Waals surface area contributed by atoms with Crippen molar-refractivity contribution in [2.75, 3.05) is 26.2 Å². The quantitative estimate of drug-likeness (QED) is 0.730. The molecule has 0 bridgehead atoms. The van der Waals surface area contributed by atoms with Gasteiger partial charge in [0.15, 0.2) is 0 Å². The summed E-state index contributed by atoms with van der Waals surface area (Å²) >= 11 is 0. The predicted octanol–water partition coefficient (Wildman–Crippen LogP) is 3.94. The van der Waals surface area contributed by atoms with Gasteiger partial charge in [-0.25, -0.2) is 0 Å². The van der Waals surface area contributed by atoms with Gasteiger partial charge in [-0.2, -0.15) is 0 Å². The van der Waals surface area contributed by atoms with Crippen LogP contribution in [0.4, 0.5) is 0 Å². The van der Waals surface area contributed by atoms with Crippen molar-refractivity contribution in [3.8, 4) is 5.75 Å². The van der Waals surface area contributed by atoms with Crippen LogP contribution in [0.1, 0.15) is 30.9 Å². The molecule has 0 saturated carbocycles. The van der Waals surface area contributed by atoms with Gasteiger partial charge in [-0.15, -0.1) is 0 Å². The summed E-state index contributed by atoms with van der Waals surface area (Å²) in [6.07, 6.45) is 3.72. The molecule has 26 heavy (non-hydrogen) atoms. The standard InChI is InChI=1S/C23H31NO2/c1-2-24-15-14-23(25)21(18-24)17-20-10-12-22(13-11-20)26-16-6-9-19-7-4-3-5-8-19/h3-5,7-8,10-13,21,23,25H,2,6,9,14-18H2,1H3. The van der Waals surface area contributed by atoms with Gasteiger partial charge in [0.1, 0.15) is 5.75 Å². The molecule has 1 saturated heterocycles. The van der Waals surface area contributed by atoms with Gasteiger partial charge in [0.05, 0.1) is 12.7 Å². The normalized spacial score (nSPS) is 20.8. The first-order valence-electron chi connectivity index (χ1n) is 9.90. The van der Waals surface area contributed by atoms with Crippen LogP contribution in [-0.2, 0) is 12.8 Å². The van der Waals surface area contributed by atoms with E-state index in [-0.39, 0.29) is 6.10 Å². The van der Waals surface area contributed by atoms with Crippen LogP contribution in [0, 0.1) is 5.92 Å². The summed E-state index contributed by atoms with van der Waals surface area (Å²) in [5.41, 5.74) is 2.64. The first kappa shape index (κ1) is 18.9. The maximum Gasteiger partial charge on any atom is 0.119 e. The third-order valence-corrected chi connectivity index (χ3v) is 5.37. The number of aliphatic hydroxyl groups excluding tert-OH is 1. The molecule has 2 atom stereocenters. The second-order valence-electron chi connectivity index (χ2n) is 7.30. The Morgan fingerprint density at radius 3 is 2.54 bits per heavy atom. The van der Waals surface area contributed by atoms with Crippen LogP contribution in [0.15, 0.2) is 54.6 Å². The van der Waals surface area contributed by atoms with Gasteiger partial charge in [0, 0.05) is 19.0 Å². The lowest BCUT2D eigenvalue weighted by atomic mass is 9.89. The minimum absolute atomic E-state index is 0.174. The molecule has 2 aromatic rings. The number of aryl methyl sites for hydroxylation is 1. The van der Waals surface area contributed by atoms with E-state index in [1.807, 2.05) is 6.07 Å². The molecule has 1 heterocycles. The van der Waals surface area contributed by atoms with Crippen LogP contribution in [0.5, 0.6) is 5.75 Å². The maximum atomic E-state index is 10.3. The molecule has 3 heteroatoms. The summed E-state index contributed by atoms with van der Waals surface area (Å²) < 4.78 is 5.87. The predicted molar refractivity (Wildman–Crippen MR) is 107 cm³/mol. The van der Waals surface area contributed by atoms with Crippen LogP contribution < -0.4 is 4.74 Å². The molecule has 140 valence electrons. The van der Waals surface area contributed by atoms with Gasteiger partial charge in [0.2, 0.25) is 0 Å². The fourth-order valence-electron chi connectivity index (χ4n) is 3.72. The Balaban J connectivity index is 1.43. The van der Waals surface area contributed by atoms with Gasteiger partial charge in [-0.1, -0.05) is 49.4 Å². The van der Waals surface area contributed by atoms with E-state index in [2.05, 4.69) is 60.4 Å². The van der Waals surface area contributed by atoms with E-state index in [9.17, 15) is 5.11 Å². The van der Waals surface area contributed by atoms with Crippen molar-refractivity contribution in [1.82, 2.24) is 4.90 Å². The highest BCUT2D eigenvalue weighted by Crippen LogP contribution is 2.22. The summed E-state index contributed by atoms with van der Waals surface area (Å²) in [4.78, 5) is 2.43. The lowest BCUT2D eigenvalue weighted by Crippen LogP contribution is -2.43. The van der Waals surface area contributed by atoms with E-state index in [1.165, 1.54) is 11.1 Å². The van der Waals surface area contributed by atoms with Crippen LogP contribution in [0.3, 0.4) is 0 Å². The molecule has 0 amide bonds. The van der Waals surface area contributed by atoms with E-state index in [4.69, 9.17) is 4.74 Å². The third-order valence-electron chi connectivity index (χ3n) is 5.37.